The normalized spacial score (nSPS) is 11.0. The first kappa shape index (κ1) is 23.2. The fourth-order valence-corrected chi connectivity index (χ4v) is 3.93. The van der Waals surface area contributed by atoms with Crippen LogP contribution in [0, 0.1) is 11.3 Å². The van der Waals surface area contributed by atoms with Crippen LogP contribution in [0.5, 0.6) is 5.75 Å². The predicted octanol–water partition coefficient (Wildman–Crippen LogP) is 7.53. The van der Waals surface area contributed by atoms with E-state index in [1.54, 1.807) is 54.6 Å². The first-order valence-corrected chi connectivity index (χ1v) is 10.8. The molecule has 0 aliphatic rings. The summed E-state index contributed by atoms with van der Waals surface area (Å²) >= 11 is 21.8. The van der Waals surface area contributed by atoms with Gasteiger partial charge in [-0.3, -0.25) is 4.79 Å². The number of hydrogen-bond donors (Lipinski definition) is 1. The summed E-state index contributed by atoms with van der Waals surface area (Å²) in [5.41, 5.74) is 1.93. The van der Waals surface area contributed by atoms with Crippen molar-refractivity contribution in [2.45, 2.75) is 6.61 Å². The minimum atomic E-state index is -0.513. The highest BCUT2D eigenvalue weighted by Crippen LogP contribution is 2.36. The number of rotatable bonds is 6. The van der Waals surface area contributed by atoms with E-state index in [9.17, 15) is 10.1 Å². The Bertz CT molecular complexity index is 1170. The van der Waals surface area contributed by atoms with Crippen molar-refractivity contribution in [1.82, 2.24) is 0 Å². The minimum absolute atomic E-state index is 0.0590. The summed E-state index contributed by atoms with van der Waals surface area (Å²) in [5.74, 6) is -0.0852. The molecule has 0 aliphatic heterocycles. The number of benzene rings is 3. The maximum atomic E-state index is 12.4. The van der Waals surface area contributed by atoms with Gasteiger partial charge in [-0.2, -0.15) is 5.26 Å². The summed E-state index contributed by atoms with van der Waals surface area (Å²) in [6.07, 6.45) is 1.46. The summed E-state index contributed by atoms with van der Waals surface area (Å²) in [7, 11) is 0. The molecule has 0 heterocycles. The Balaban J connectivity index is 1.77. The Labute approximate surface area is 203 Å². The lowest BCUT2D eigenvalue weighted by molar-refractivity contribution is -0.112. The topological polar surface area (TPSA) is 62.1 Å². The molecule has 0 aliphatic carbocycles. The van der Waals surface area contributed by atoms with E-state index in [4.69, 9.17) is 39.5 Å². The molecule has 4 nitrogen and oxygen atoms in total. The first-order valence-electron chi connectivity index (χ1n) is 8.91. The van der Waals surface area contributed by atoms with Crippen LogP contribution >= 0.6 is 50.7 Å². The molecule has 3 aromatic rings. The number of hydrogen-bond acceptors (Lipinski definition) is 3. The lowest BCUT2D eigenvalue weighted by Crippen LogP contribution is -2.13. The van der Waals surface area contributed by atoms with Gasteiger partial charge in [0.25, 0.3) is 5.91 Å². The van der Waals surface area contributed by atoms with Crippen molar-refractivity contribution in [1.29, 1.82) is 5.26 Å². The van der Waals surface area contributed by atoms with Crippen LogP contribution in [-0.2, 0) is 11.4 Å². The Hall–Kier alpha value is -2.49. The van der Waals surface area contributed by atoms with Gasteiger partial charge in [-0.15, -0.1) is 0 Å². The molecular weight excluding hydrogens is 523 g/mol. The molecule has 3 rings (SSSR count). The molecule has 31 heavy (non-hydrogen) atoms. The molecule has 1 N–H and O–H groups in total. The molecule has 3 aromatic carbocycles. The second-order valence-electron chi connectivity index (χ2n) is 6.34. The van der Waals surface area contributed by atoms with Gasteiger partial charge in [0, 0.05) is 5.69 Å². The highest BCUT2D eigenvalue weighted by Gasteiger charge is 2.13. The second kappa shape index (κ2) is 10.7. The second-order valence-corrected chi connectivity index (χ2v) is 8.42. The van der Waals surface area contributed by atoms with E-state index in [-0.39, 0.29) is 12.2 Å². The fraction of sp³-hybridized carbons (Fsp3) is 0.0435. The lowest BCUT2D eigenvalue weighted by Gasteiger charge is -2.12. The zero-order valence-corrected chi connectivity index (χ0v) is 19.7. The quantitative estimate of drug-likeness (QED) is 0.262. The number of carbonyl (C=O) groups excluding carboxylic acids is 1. The van der Waals surface area contributed by atoms with Crippen molar-refractivity contribution in [3.8, 4) is 11.8 Å². The number of amides is 1. The summed E-state index contributed by atoms with van der Waals surface area (Å²) in [4.78, 5) is 12.4. The third kappa shape index (κ3) is 6.25. The van der Waals surface area contributed by atoms with E-state index >= 15 is 0 Å². The summed E-state index contributed by atoms with van der Waals surface area (Å²) in [5, 5.41) is 13.3. The van der Waals surface area contributed by atoms with Crippen LogP contribution in [0.4, 0.5) is 5.69 Å². The van der Waals surface area contributed by atoms with E-state index in [1.165, 1.54) is 6.08 Å². The number of para-hydroxylation sites is 1. The van der Waals surface area contributed by atoms with Gasteiger partial charge < -0.3 is 10.1 Å². The maximum Gasteiger partial charge on any atom is 0.266 e. The number of ether oxygens (including phenoxy) is 1. The van der Waals surface area contributed by atoms with E-state index in [1.807, 2.05) is 12.1 Å². The largest absolute Gasteiger partial charge is 0.486 e. The summed E-state index contributed by atoms with van der Waals surface area (Å²) in [6.45, 7) is 0.229. The molecule has 156 valence electrons. The highest BCUT2D eigenvalue weighted by atomic mass is 79.9. The zero-order chi connectivity index (χ0) is 22.4. The number of carbonyl (C=O) groups is 1. The minimum Gasteiger partial charge on any atom is -0.486 e. The molecule has 0 aromatic heterocycles. The Morgan fingerprint density at radius 2 is 1.77 bits per heavy atom. The molecule has 8 heteroatoms. The van der Waals surface area contributed by atoms with Crippen molar-refractivity contribution in [2.24, 2.45) is 0 Å². The summed E-state index contributed by atoms with van der Waals surface area (Å²) < 4.78 is 6.39. The number of halogens is 4. The maximum absolute atomic E-state index is 12.4. The number of nitrogens with zero attached hydrogens (tertiary/aromatic N) is 1. The smallest absolute Gasteiger partial charge is 0.266 e. The standard InChI is InChI=1S/C23H14BrCl3N2O2/c24-18-9-15(8-16(12-28)23(30)29-17-4-2-1-3-5-17)11-21(27)22(18)31-13-14-6-7-19(25)20(26)10-14/h1-11H,13H2,(H,29,30)/b16-8-. The molecule has 0 spiro atoms. The Morgan fingerprint density at radius 3 is 2.42 bits per heavy atom. The van der Waals surface area contributed by atoms with Gasteiger partial charge in [0.2, 0.25) is 0 Å². The third-order valence-corrected chi connectivity index (χ3v) is 5.70. The van der Waals surface area contributed by atoms with E-state index in [0.717, 1.165) is 5.56 Å². The molecule has 0 radical (unpaired) electrons. The van der Waals surface area contributed by atoms with Crippen LogP contribution in [-0.4, -0.2) is 5.91 Å². The van der Waals surface area contributed by atoms with Crippen LogP contribution in [0.3, 0.4) is 0 Å². The van der Waals surface area contributed by atoms with Gasteiger partial charge in [-0.1, -0.05) is 59.1 Å². The van der Waals surface area contributed by atoms with Crippen molar-refractivity contribution >= 4 is 68.4 Å². The van der Waals surface area contributed by atoms with Gasteiger partial charge in [-0.25, -0.2) is 0 Å². The number of anilines is 1. The van der Waals surface area contributed by atoms with Crippen molar-refractivity contribution < 1.29 is 9.53 Å². The Kier molecular flexibility index (Phi) is 8.00. The molecule has 0 bridgehead atoms. The van der Waals surface area contributed by atoms with Crippen molar-refractivity contribution in [3.63, 3.8) is 0 Å². The highest BCUT2D eigenvalue weighted by molar-refractivity contribution is 9.10. The van der Waals surface area contributed by atoms with Crippen LogP contribution < -0.4 is 10.1 Å². The number of nitrogens with one attached hydrogen (secondary N) is 1. The summed E-state index contributed by atoms with van der Waals surface area (Å²) in [6, 6.07) is 19.3. The van der Waals surface area contributed by atoms with Crippen molar-refractivity contribution in [2.75, 3.05) is 5.32 Å². The average Bonchev–Trinajstić information content (AvgIpc) is 2.74. The molecule has 0 atom stereocenters. The van der Waals surface area contributed by atoms with E-state index < -0.39 is 5.91 Å². The SMILES string of the molecule is N#C/C(=C/c1cc(Cl)c(OCc2ccc(Cl)c(Cl)c2)c(Br)c1)C(=O)Nc1ccccc1. The van der Waals surface area contributed by atoms with Crippen LogP contribution in [0.2, 0.25) is 15.1 Å². The molecular formula is C23H14BrCl3N2O2. The Morgan fingerprint density at radius 1 is 1.03 bits per heavy atom. The predicted molar refractivity (Wildman–Crippen MR) is 129 cm³/mol. The van der Waals surface area contributed by atoms with E-state index in [2.05, 4.69) is 21.2 Å². The zero-order valence-electron chi connectivity index (χ0n) is 15.8. The molecule has 0 saturated heterocycles. The average molecular weight is 537 g/mol. The van der Waals surface area contributed by atoms with Crippen LogP contribution in [0.1, 0.15) is 11.1 Å². The van der Waals surface area contributed by atoms with E-state index in [0.29, 0.717) is 36.5 Å². The van der Waals surface area contributed by atoms with Gasteiger partial charge >= 0.3 is 0 Å². The molecule has 1 amide bonds. The molecule has 0 saturated carbocycles. The monoisotopic (exact) mass is 534 g/mol. The lowest BCUT2D eigenvalue weighted by atomic mass is 10.1. The van der Waals surface area contributed by atoms with Crippen LogP contribution in [0.15, 0.2) is 70.7 Å². The van der Waals surface area contributed by atoms with Gasteiger partial charge in [0.15, 0.2) is 5.75 Å². The third-order valence-electron chi connectivity index (χ3n) is 4.10. The van der Waals surface area contributed by atoms with Crippen molar-refractivity contribution in [3.05, 3.63) is 96.9 Å². The number of nitriles is 1. The molecule has 0 unspecified atom stereocenters. The fourth-order valence-electron chi connectivity index (χ4n) is 2.62. The van der Waals surface area contributed by atoms with Gasteiger partial charge in [-0.05, 0) is 69.5 Å². The molecule has 0 fully saturated rings. The van der Waals surface area contributed by atoms with Gasteiger partial charge in [0.05, 0.1) is 19.5 Å². The van der Waals surface area contributed by atoms with Gasteiger partial charge in [0.1, 0.15) is 18.2 Å². The van der Waals surface area contributed by atoms with Crippen LogP contribution in [0.25, 0.3) is 6.08 Å². The first-order chi connectivity index (χ1) is 14.9.